The molecule has 1 aromatic carbocycles. The van der Waals surface area contributed by atoms with Gasteiger partial charge in [-0.25, -0.2) is 0 Å². The highest BCUT2D eigenvalue weighted by molar-refractivity contribution is 5.38. The maximum absolute atomic E-state index is 5.10. The van der Waals surface area contributed by atoms with Gasteiger partial charge >= 0.3 is 6.01 Å². The van der Waals surface area contributed by atoms with Crippen molar-refractivity contribution in [1.29, 1.82) is 0 Å². The van der Waals surface area contributed by atoms with Crippen molar-refractivity contribution >= 4 is 11.9 Å². The van der Waals surface area contributed by atoms with E-state index in [-0.39, 0.29) is 0 Å². The van der Waals surface area contributed by atoms with E-state index in [2.05, 4.69) is 49.9 Å². The number of nitrogens with zero attached hydrogens (tertiary/aromatic N) is 3. The molecule has 1 aromatic heterocycles. The monoisotopic (exact) mass is 285 g/mol. The van der Waals surface area contributed by atoms with E-state index in [0.29, 0.717) is 23.9 Å². The molecule has 0 fully saturated rings. The lowest BCUT2D eigenvalue weighted by Gasteiger charge is -2.25. The topological polar surface area (TPSA) is 72.0 Å². The predicted molar refractivity (Wildman–Crippen MR) is 81.8 cm³/mol. The number of aromatic nitrogens is 3. The third kappa shape index (κ3) is 3.04. The van der Waals surface area contributed by atoms with Crippen LogP contribution in [0, 0.1) is 0 Å². The van der Waals surface area contributed by atoms with E-state index >= 15 is 0 Å². The summed E-state index contributed by atoms with van der Waals surface area (Å²) in [6.45, 7) is 0. The Bertz CT molecular complexity index is 609. The zero-order chi connectivity index (χ0) is 14.7. The van der Waals surface area contributed by atoms with Crippen molar-refractivity contribution in [3.05, 3.63) is 35.4 Å². The molecule has 0 amide bonds. The minimum Gasteiger partial charge on any atom is -0.467 e. The molecular weight excluding hydrogens is 266 g/mol. The minimum absolute atomic E-state index is 0.313. The molecule has 6 nitrogen and oxygen atoms in total. The highest BCUT2D eigenvalue weighted by atomic mass is 16.5. The Morgan fingerprint density at radius 1 is 1.10 bits per heavy atom. The van der Waals surface area contributed by atoms with Gasteiger partial charge in [-0.2, -0.15) is 15.0 Å². The Morgan fingerprint density at radius 3 is 2.62 bits per heavy atom. The SMILES string of the molecule is CNc1nc(NC2CCc3ccccc3C2)nc(OC)n1. The van der Waals surface area contributed by atoms with Gasteiger partial charge in [0.05, 0.1) is 7.11 Å². The first-order valence-corrected chi connectivity index (χ1v) is 7.09. The largest absolute Gasteiger partial charge is 0.467 e. The number of benzene rings is 1. The van der Waals surface area contributed by atoms with Crippen LogP contribution in [0.4, 0.5) is 11.9 Å². The molecule has 0 saturated heterocycles. The summed E-state index contributed by atoms with van der Waals surface area (Å²) in [6.07, 6.45) is 3.13. The van der Waals surface area contributed by atoms with E-state index in [1.54, 1.807) is 14.2 Å². The van der Waals surface area contributed by atoms with Gasteiger partial charge in [0, 0.05) is 13.1 Å². The lowest BCUT2D eigenvalue weighted by Crippen LogP contribution is -2.28. The third-order valence-electron chi connectivity index (χ3n) is 3.70. The maximum atomic E-state index is 5.10. The average Bonchev–Trinajstić information content (AvgIpc) is 2.54. The van der Waals surface area contributed by atoms with Crippen LogP contribution in [0.1, 0.15) is 17.5 Å². The Hall–Kier alpha value is -2.37. The molecule has 2 N–H and O–H groups in total. The molecular formula is C15H19N5O. The summed E-state index contributed by atoms with van der Waals surface area (Å²) in [5.74, 6) is 1.05. The Balaban J connectivity index is 1.76. The fourth-order valence-corrected chi connectivity index (χ4v) is 2.63. The Labute approximate surface area is 124 Å². The third-order valence-corrected chi connectivity index (χ3v) is 3.70. The van der Waals surface area contributed by atoms with E-state index in [0.717, 1.165) is 19.3 Å². The van der Waals surface area contributed by atoms with E-state index in [1.165, 1.54) is 11.1 Å². The lowest BCUT2D eigenvalue weighted by molar-refractivity contribution is 0.379. The number of hydrogen-bond donors (Lipinski definition) is 2. The number of anilines is 2. The lowest BCUT2D eigenvalue weighted by atomic mass is 9.88. The van der Waals surface area contributed by atoms with Crippen LogP contribution >= 0.6 is 0 Å². The summed E-state index contributed by atoms with van der Waals surface area (Å²) < 4.78 is 5.10. The molecule has 1 unspecified atom stereocenters. The van der Waals surface area contributed by atoms with Crippen LogP contribution in [0.5, 0.6) is 6.01 Å². The van der Waals surface area contributed by atoms with Crippen molar-refractivity contribution in [1.82, 2.24) is 15.0 Å². The van der Waals surface area contributed by atoms with Gasteiger partial charge in [-0.15, -0.1) is 0 Å². The molecule has 1 aliphatic carbocycles. The van der Waals surface area contributed by atoms with Crippen LogP contribution in [0.15, 0.2) is 24.3 Å². The molecule has 2 aromatic rings. The second kappa shape index (κ2) is 5.95. The first-order valence-electron chi connectivity index (χ1n) is 7.09. The molecule has 0 radical (unpaired) electrons. The summed E-state index contributed by atoms with van der Waals surface area (Å²) in [6, 6.07) is 9.23. The van der Waals surface area contributed by atoms with Crippen LogP contribution < -0.4 is 15.4 Å². The molecule has 21 heavy (non-hydrogen) atoms. The molecule has 3 rings (SSSR count). The Kier molecular flexibility index (Phi) is 3.85. The van der Waals surface area contributed by atoms with Crippen molar-refractivity contribution in [3.63, 3.8) is 0 Å². The first kappa shape index (κ1) is 13.6. The van der Waals surface area contributed by atoms with Gasteiger partial charge < -0.3 is 15.4 Å². The zero-order valence-corrected chi connectivity index (χ0v) is 12.3. The summed E-state index contributed by atoms with van der Waals surface area (Å²) in [5.41, 5.74) is 2.84. The molecule has 6 heteroatoms. The van der Waals surface area contributed by atoms with Crippen LogP contribution in [0.2, 0.25) is 0 Å². The molecule has 1 heterocycles. The molecule has 110 valence electrons. The predicted octanol–water partition coefficient (Wildman–Crippen LogP) is 1.89. The normalized spacial score (nSPS) is 17.0. The molecule has 0 saturated carbocycles. The highest BCUT2D eigenvalue weighted by Gasteiger charge is 2.19. The fourth-order valence-electron chi connectivity index (χ4n) is 2.63. The number of ether oxygens (including phenoxy) is 1. The smallest absolute Gasteiger partial charge is 0.322 e. The van der Waals surface area contributed by atoms with Crippen LogP contribution in [-0.2, 0) is 12.8 Å². The average molecular weight is 285 g/mol. The number of methoxy groups -OCH3 is 1. The molecule has 1 atom stereocenters. The van der Waals surface area contributed by atoms with E-state index in [1.807, 2.05) is 0 Å². The summed E-state index contributed by atoms with van der Waals surface area (Å²) >= 11 is 0. The maximum Gasteiger partial charge on any atom is 0.322 e. The number of hydrogen-bond acceptors (Lipinski definition) is 6. The standard InChI is InChI=1S/C15H19N5O/c1-16-13-18-14(20-15(19-13)21-2)17-12-8-7-10-5-3-4-6-11(10)9-12/h3-6,12H,7-9H2,1-2H3,(H2,16,17,18,19,20). The van der Waals surface area contributed by atoms with E-state index in [4.69, 9.17) is 4.74 Å². The number of aryl methyl sites for hydroxylation is 1. The van der Waals surface area contributed by atoms with Crippen LogP contribution in [0.3, 0.4) is 0 Å². The van der Waals surface area contributed by atoms with Crippen molar-refractivity contribution in [2.45, 2.75) is 25.3 Å². The van der Waals surface area contributed by atoms with Gasteiger partial charge in [0.25, 0.3) is 0 Å². The highest BCUT2D eigenvalue weighted by Crippen LogP contribution is 2.23. The molecule has 0 bridgehead atoms. The van der Waals surface area contributed by atoms with Crippen molar-refractivity contribution in [3.8, 4) is 6.01 Å². The van der Waals surface area contributed by atoms with Gasteiger partial charge in [0.1, 0.15) is 0 Å². The molecule has 0 spiro atoms. The van der Waals surface area contributed by atoms with Gasteiger partial charge in [-0.3, -0.25) is 0 Å². The summed E-state index contributed by atoms with van der Waals surface area (Å²) in [5, 5.41) is 6.30. The van der Waals surface area contributed by atoms with Gasteiger partial charge in [0.2, 0.25) is 11.9 Å². The van der Waals surface area contributed by atoms with Crippen LogP contribution in [-0.4, -0.2) is 35.2 Å². The van der Waals surface area contributed by atoms with Crippen molar-refractivity contribution in [2.24, 2.45) is 0 Å². The Morgan fingerprint density at radius 2 is 1.86 bits per heavy atom. The molecule has 1 aliphatic rings. The van der Waals surface area contributed by atoms with Gasteiger partial charge in [-0.05, 0) is 30.4 Å². The quantitative estimate of drug-likeness (QED) is 0.894. The van der Waals surface area contributed by atoms with Gasteiger partial charge in [-0.1, -0.05) is 24.3 Å². The molecule has 0 aliphatic heterocycles. The van der Waals surface area contributed by atoms with Crippen molar-refractivity contribution in [2.75, 3.05) is 24.8 Å². The summed E-state index contributed by atoms with van der Waals surface area (Å²) in [7, 11) is 3.32. The zero-order valence-electron chi connectivity index (χ0n) is 12.3. The second-order valence-corrected chi connectivity index (χ2v) is 5.07. The van der Waals surface area contributed by atoms with Crippen LogP contribution in [0.25, 0.3) is 0 Å². The fraction of sp³-hybridized carbons (Fsp3) is 0.400. The van der Waals surface area contributed by atoms with Crippen molar-refractivity contribution < 1.29 is 4.74 Å². The van der Waals surface area contributed by atoms with Gasteiger partial charge in [0.15, 0.2) is 0 Å². The van der Waals surface area contributed by atoms with E-state index in [9.17, 15) is 0 Å². The first-order chi connectivity index (χ1) is 10.3. The second-order valence-electron chi connectivity index (χ2n) is 5.07. The summed E-state index contributed by atoms with van der Waals surface area (Å²) in [4.78, 5) is 12.7. The van der Waals surface area contributed by atoms with E-state index < -0.39 is 0 Å². The minimum atomic E-state index is 0.313. The number of rotatable bonds is 4. The number of fused-ring (bicyclic) bond motifs is 1. The number of nitrogens with one attached hydrogen (secondary N) is 2.